The summed E-state index contributed by atoms with van der Waals surface area (Å²) in [4.78, 5) is 23.8. The third kappa shape index (κ3) is 2.25. The molecule has 4 nitrogen and oxygen atoms in total. The summed E-state index contributed by atoms with van der Waals surface area (Å²) in [7, 11) is 0. The number of carbonyl (C=O) groups excluding carboxylic acids is 2. The predicted molar refractivity (Wildman–Crippen MR) is 53.7 cm³/mol. The lowest BCUT2D eigenvalue weighted by Crippen LogP contribution is -2.39. The first-order valence-corrected chi connectivity index (χ1v) is 4.91. The Morgan fingerprint density at radius 1 is 1.43 bits per heavy atom. The van der Waals surface area contributed by atoms with Crippen molar-refractivity contribution in [2.45, 2.75) is 27.7 Å². The fourth-order valence-corrected chi connectivity index (χ4v) is 1.29. The molecule has 1 aliphatic heterocycles. The van der Waals surface area contributed by atoms with Crippen molar-refractivity contribution in [2.24, 2.45) is 11.3 Å². The lowest BCUT2D eigenvalue weighted by molar-refractivity contribution is -0.118. The second kappa shape index (κ2) is 3.59. The summed E-state index contributed by atoms with van der Waals surface area (Å²) in [5, 5.41) is 2.28. The standard InChI is InChI=1S/C10H18N2O2/c1-7(2)10(3,4)6-12-5-8(13)11-9(12)14/h7H,5-6H2,1-4H3,(H,11,13,14). The number of hydrogen-bond acceptors (Lipinski definition) is 2. The first-order chi connectivity index (χ1) is 6.33. The highest BCUT2D eigenvalue weighted by Crippen LogP contribution is 2.27. The molecular formula is C10H18N2O2. The molecule has 0 saturated carbocycles. The van der Waals surface area contributed by atoms with Gasteiger partial charge in [0, 0.05) is 6.54 Å². The van der Waals surface area contributed by atoms with Gasteiger partial charge >= 0.3 is 6.03 Å². The van der Waals surface area contributed by atoms with Crippen molar-refractivity contribution >= 4 is 11.9 Å². The molecule has 1 rings (SSSR count). The second-order valence-corrected chi connectivity index (χ2v) is 4.85. The van der Waals surface area contributed by atoms with Gasteiger partial charge in [0.2, 0.25) is 5.91 Å². The van der Waals surface area contributed by atoms with Crippen molar-refractivity contribution in [1.29, 1.82) is 0 Å². The van der Waals surface area contributed by atoms with E-state index in [-0.39, 0.29) is 23.9 Å². The van der Waals surface area contributed by atoms with Crippen molar-refractivity contribution in [3.63, 3.8) is 0 Å². The molecule has 1 saturated heterocycles. The molecule has 0 aromatic rings. The molecule has 3 amide bonds. The van der Waals surface area contributed by atoms with Crippen LogP contribution in [0.5, 0.6) is 0 Å². The van der Waals surface area contributed by atoms with E-state index in [1.54, 1.807) is 4.90 Å². The van der Waals surface area contributed by atoms with Gasteiger partial charge in [0.05, 0.1) is 0 Å². The average molecular weight is 198 g/mol. The second-order valence-electron chi connectivity index (χ2n) is 4.85. The van der Waals surface area contributed by atoms with Crippen LogP contribution >= 0.6 is 0 Å². The summed E-state index contributed by atoms with van der Waals surface area (Å²) in [6, 6.07) is -0.260. The molecule has 0 spiro atoms. The molecule has 0 aromatic heterocycles. The van der Waals surface area contributed by atoms with Crippen LogP contribution in [0.2, 0.25) is 0 Å². The zero-order chi connectivity index (χ0) is 10.9. The largest absolute Gasteiger partial charge is 0.324 e. The molecule has 1 heterocycles. The number of nitrogens with one attached hydrogen (secondary N) is 1. The first-order valence-electron chi connectivity index (χ1n) is 4.91. The number of carbonyl (C=O) groups is 2. The van der Waals surface area contributed by atoms with E-state index in [1.807, 2.05) is 0 Å². The Bertz CT molecular complexity index is 259. The maximum absolute atomic E-state index is 11.3. The van der Waals surface area contributed by atoms with Crippen LogP contribution in [0.15, 0.2) is 0 Å². The lowest BCUT2D eigenvalue weighted by atomic mass is 9.81. The minimum absolute atomic E-state index is 0.0436. The van der Waals surface area contributed by atoms with E-state index in [1.165, 1.54) is 0 Å². The molecule has 4 heteroatoms. The topological polar surface area (TPSA) is 49.4 Å². The Balaban J connectivity index is 2.61. The van der Waals surface area contributed by atoms with Crippen molar-refractivity contribution in [1.82, 2.24) is 10.2 Å². The van der Waals surface area contributed by atoms with Gasteiger partial charge in [-0.05, 0) is 11.3 Å². The Hall–Kier alpha value is -1.06. The summed E-state index contributed by atoms with van der Waals surface area (Å²) in [6.07, 6.45) is 0. The van der Waals surface area contributed by atoms with E-state index in [4.69, 9.17) is 0 Å². The molecule has 14 heavy (non-hydrogen) atoms. The Morgan fingerprint density at radius 3 is 2.36 bits per heavy atom. The highest BCUT2D eigenvalue weighted by Gasteiger charge is 2.33. The van der Waals surface area contributed by atoms with Gasteiger partial charge in [0.1, 0.15) is 6.54 Å². The summed E-state index contributed by atoms with van der Waals surface area (Å²) in [6.45, 7) is 9.28. The quantitative estimate of drug-likeness (QED) is 0.693. The maximum atomic E-state index is 11.3. The third-order valence-electron chi connectivity index (χ3n) is 3.03. The zero-order valence-electron chi connectivity index (χ0n) is 9.26. The van der Waals surface area contributed by atoms with Crippen LogP contribution in [-0.4, -0.2) is 29.9 Å². The van der Waals surface area contributed by atoms with Crippen LogP contribution in [0.25, 0.3) is 0 Å². The van der Waals surface area contributed by atoms with Gasteiger partial charge in [-0.3, -0.25) is 10.1 Å². The van der Waals surface area contributed by atoms with Crippen LogP contribution in [-0.2, 0) is 4.79 Å². The highest BCUT2D eigenvalue weighted by molar-refractivity contribution is 6.01. The molecule has 1 fully saturated rings. The van der Waals surface area contributed by atoms with Gasteiger partial charge in [-0.1, -0.05) is 27.7 Å². The molecule has 0 unspecified atom stereocenters. The molecule has 1 aliphatic rings. The third-order valence-corrected chi connectivity index (χ3v) is 3.03. The SMILES string of the molecule is CC(C)C(C)(C)CN1CC(=O)NC1=O. The fraction of sp³-hybridized carbons (Fsp3) is 0.800. The smallest absolute Gasteiger partial charge is 0.315 e. The van der Waals surface area contributed by atoms with E-state index in [2.05, 4.69) is 33.0 Å². The van der Waals surface area contributed by atoms with Crippen molar-refractivity contribution in [3.8, 4) is 0 Å². The van der Waals surface area contributed by atoms with Gasteiger partial charge < -0.3 is 4.90 Å². The minimum Gasteiger partial charge on any atom is -0.315 e. The Morgan fingerprint density at radius 2 is 2.00 bits per heavy atom. The normalized spacial score (nSPS) is 17.9. The van der Waals surface area contributed by atoms with E-state index < -0.39 is 0 Å². The number of amides is 3. The molecule has 0 aliphatic carbocycles. The zero-order valence-corrected chi connectivity index (χ0v) is 9.26. The van der Waals surface area contributed by atoms with E-state index >= 15 is 0 Å². The number of hydrogen-bond donors (Lipinski definition) is 1. The van der Waals surface area contributed by atoms with Crippen LogP contribution in [0.4, 0.5) is 4.79 Å². The highest BCUT2D eigenvalue weighted by atomic mass is 16.2. The monoisotopic (exact) mass is 198 g/mol. The molecule has 0 atom stereocenters. The van der Waals surface area contributed by atoms with E-state index in [0.29, 0.717) is 12.5 Å². The van der Waals surface area contributed by atoms with Gasteiger partial charge in [0.25, 0.3) is 0 Å². The maximum Gasteiger partial charge on any atom is 0.324 e. The van der Waals surface area contributed by atoms with Gasteiger partial charge in [-0.2, -0.15) is 0 Å². The van der Waals surface area contributed by atoms with Crippen LogP contribution in [0, 0.1) is 11.3 Å². The predicted octanol–water partition coefficient (Wildman–Crippen LogP) is 1.22. The van der Waals surface area contributed by atoms with Gasteiger partial charge in [0.15, 0.2) is 0 Å². The summed E-state index contributed by atoms with van der Waals surface area (Å²) in [5.41, 5.74) is 0.0436. The van der Waals surface area contributed by atoms with Crippen LogP contribution < -0.4 is 5.32 Å². The number of rotatable bonds is 3. The van der Waals surface area contributed by atoms with Crippen LogP contribution in [0.1, 0.15) is 27.7 Å². The molecule has 0 bridgehead atoms. The van der Waals surface area contributed by atoms with Crippen molar-refractivity contribution < 1.29 is 9.59 Å². The van der Waals surface area contributed by atoms with Gasteiger partial charge in [-0.25, -0.2) is 4.79 Å². The van der Waals surface area contributed by atoms with Crippen molar-refractivity contribution in [3.05, 3.63) is 0 Å². The summed E-state index contributed by atoms with van der Waals surface area (Å²) >= 11 is 0. The van der Waals surface area contributed by atoms with Crippen molar-refractivity contribution in [2.75, 3.05) is 13.1 Å². The Labute approximate surface area is 84.7 Å². The molecule has 0 radical (unpaired) electrons. The van der Waals surface area contributed by atoms with Crippen LogP contribution in [0.3, 0.4) is 0 Å². The Kier molecular flexibility index (Phi) is 2.83. The molecule has 80 valence electrons. The number of urea groups is 1. The van der Waals surface area contributed by atoms with E-state index in [0.717, 1.165) is 0 Å². The molecule has 0 aromatic carbocycles. The number of imide groups is 1. The minimum atomic E-state index is -0.260. The lowest BCUT2D eigenvalue weighted by Gasteiger charge is -2.32. The molecular weight excluding hydrogens is 180 g/mol. The number of nitrogens with zero attached hydrogens (tertiary/aromatic N) is 1. The van der Waals surface area contributed by atoms with Gasteiger partial charge in [-0.15, -0.1) is 0 Å². The summed E-state index contributed by atoms with van der Waals surface area (Å²) in [5.74, 6) is 0.278. The fourth-order valence-electron chi connectivity index (χ4n) is 1.29. The summed E-state index contributed by atoms with van der Waals surface area (Å²) < 4.78 is 0. The van der Waals surface area contributed by atoms with E-state index in [9.17, 15) is 9.59 Å². The first kappa shape index (κ1) is 11.0. The average Bonchev–Trinajstić information content (AvgIpc) is 2.29. The molecule has 1 N–H and O–H groups in total.